The molecule has 0 amide bonds. The second-order valence-electron chi connectivity index (χ2n) is 1.39. The number of hydrogen-bond donors (Lipinski definition) is 0. The van der Waals surface area contributed by atoms with Gasteiger partial charge in [-0.2, -0.15) is 0 Å². The first-order valence-electron chi connectivity index (χ1n) is 2.03. The van der Waals surface area contributed by atoms with Gasteiger partial charge in [0.05, 0.1) is 7.85 Å². The summed E-state index contributed by atoms with van der Waals surface area (Å²) in [5.41, 5.74) is 0. The Morgan fingerprint density at radius 2 is 2.20 bits per heavy atom. The van der Waals surface area contributed by atoms with Gasteiger partial charge >= 0.3 is 1.43 Å². The van der Waals surface area contributed by atoms with Gasteiger partial charge in [0.1, 0.15) is 0 Å². The Morgan fingerprint density at radius 1 is 2.00 bits per heavy atom. The third-order valence-corrected chi connectivity index (χ3v) is 0.644. The lowest BCUT2D eigenvalue weighted by molar-refractivity contribution is 0.880. The van der Waals surface area contributed by atoms with Gasteiger partial charge in [-0.15, -0.1) is 0 Å². The smallest absolute Gasteiger partial charge is 0.0804 e. The highest BCUT2D eigenvalue weighted by molar-refractivity contribution is 6.11. The average molecular weight is 68.9 g/mol. The van der Waals surface area contributed by atoms with E-state index in [1.165, 1.54) is 0 Å². The predicted octanol–water partition coefficient (Wildman–Crippen LogP) is 1.49. The van der Waals surface area contributed by atoms with E-state index in [2.05, 4.69) is 6.92 Å². The van der Waals surface area contributed by atoms with Crippen LogP contribution in [0.2, 0.25) is 5.82 Å². The van der Waals surface area contributed by atoms with Crippen molar-refractivity contribution in [3.8, 4) is 0 Å². The molecular weight excluding hydrogens is 58.9 g/mol. The first kappa shape index (κ1) is 5.06. The molecule has 0 saturated carbocycles. The SMILES string of the molecule is [B]C(C)CC.[H+]. The molecule has 0 aliphatic heterocycles. The first-order chi connectivity index (χ1) is 2.27. The molecule has 1 unspecified atom stereocenters. The lowest BCUT2D eigenvalue weighted by atomic mass is 9.88. The van der Waals surface area contributed by atoms with Gasteiger partial charge in [-0.05, 0) is 0 Å². The Labute approximate surface area is 36.5 Å². The predicted molar refractivity (Wildman–Crippen MR) is 26.6 cm³/mol. The molecule has 0 aliphatic carbocycles. The molecule has 0 rings (SSSR count). The lowest BCUT2D eigenvalue weighted by Crippen LogP contribution is -1.76. The molecule has 1 atom stereocenters. The first-order valence-corrected chi connectivity index (χ1v) is 2.03. The summed E-state index contributed by atoms with van der Waals surface area (Å²) < 4.78 is 0. The van der Waals surface area contributed by atoms with Crippen LogP contribution in [0, 0.1) is 0 Å². The van der Waals surface area contributed by atoms with Crippen molar-refractivity contribution in [3.63, 3.8) is 0 Å². The largest absolute Gasteiger partial charge is 1.00 e. The third-order valence-electron chi connectivity index (χ3n) is 0.644. The fourth-order valence-corrected chi connectivity index (χ4v) is 0. The molecule has 0 N–H and O–H groups in total. The molecule has 0 aliphatic rings. The van der Waals surface area contributed by atoms with Gasteiger partial charge < -0.3 is 0 Å². The van der Waals surface area contributed by atoms with Crippen molar-refractivity contribution in [1.82, 2.24) is 0 Å². The van der Waals surface area contributed by atoms with E-state index in [4.69, 9.17) is 7.85 Å². The summed E-state index contributed by atoms with van der Waals surface area (Å²) >= 11 is 0. The Kier molecular flexibility index (Phi) is 2.34. The second kappa shape index (κ2) is 2.31. The maximum Gasteiger partial charge on any atom is 1.00 e. The topological polar surface area (TPSA) is 0 Å². The van der Waals surface area contributed by atoms with Crippen molar-refractivity contribution in [2.45, 2.75) is 26.1 Å². The number of rotatable bonds is 1. The van der Waals surface area contributed by atoms with Crippen LogP contribution in [0.25, 0.3) is 0 Å². The van der Waals surface area contributed by atoms with Crippen LogP contribution < -0.4 is 0 Å². The van der Waals surface area contributed by atoms with E-state index in [0.717, 1.165) is 6.42 Å². The van der Waals surface area contributed by atoms with Gasteiger partial charge in [0.15, 0.2) is 0 Å². The zero-order chi connectivity index (χ0) is 4.28. The Hall–Kier alpha value is 0.0649. The zero-order valence-electron chi connectivity index (χ0n) is 4.86. The molecule has 0 bridgehead atoms. The van der Waals surface area contributed by atoms with E-state index in [-0.39, 0.29) is 1.43 Å². The molecule has 0 spiro atoms. The standard InChI is InChI=1S/C4H9B/c1-3-4(2)5/h4H,3H2,1-2H3/p+1. The molecule has 0 heterocycles. The van der Waals surface area contributed by atoms with E-state index < -0.39 is 0 Å². The Morgan fingerprint density at radius 3 is 2.20 bits per heavy atom. The van der Waals surface area contributed by atoms with Gasteiger partial charge in [-0.1, -0.05) is 26.1 Å². The molecule has 0 aromatic rings. The Bertz CT molecular complexity index is 21.5. The minimum absolute atomic E-state index is 0. The highest BCUT2D eigenvalue weighted by Gasteiger charge is 1.80. The van der Waals surface area contributed by atoms with E-state index in [0.29, 0.717) is 5.82 Å². The molecule has 0 nitrogen and oxygen atoms in total. The summed E-state index contributed by atoms with van der Waals surface area (Å²) in [6, 6.07) is 0. The van der Waals surface area contributed by atoms with Crippen LogP contribution in [0.5, 0.6) is 0 Å². The lowest BCUT2D eigenvalue weighted by Gasteiger charge is -1.90. The van der Waals surface area contributed by atoms with Crippen LogP contribution in [-0.4, -0.2) is 7.85 Å². The van der Waals surface area contributed by atoms with E-state index in [1.807, 2.05) is 6.92 Å². The van der Waals surface area contributed by atoms with E-state index >= 15 is 0 Å². The van der Waals surface area contributed by atoms with Gasteiger partial charge in [0, 0.05) is 0 Å². The van der Waals surface area contributed by atoms with Gasteiger partial charge in [-0.3, -0.25) is 0 Å². The van der Waals surface area contributed by atoms with Crippen LogP contribution in [0.4, 0.5) is 0 Å². The van der Waals surface area contributed by atoms with Crippen molar-refractivity contribution in [3.05, 3.63) is 0 Å². The van der Waals surface area contributed by atoms with Crippen molar-refractivity contribution < 1.29 is 1.43 Å². The molecule has 28 valence electrons. The molecule has 0 saturated heterocycles. The normalized spacial score (nSPS) is 14.8. The van der Waals surface area contributed by atoms with Crippen molar-refractivity contribution in [2.24, 2.45) is 0 Å². The fraction of sp³-hybridized carbons (Fsp3) is 1.00. The summed E-state index contributed by atoms with van der Waals surface area (Å²) in [7, 11) is 5.29. The highest BCUT2D eigenvalue weighted by atomic mass is 13.8. The third kappa shape index (κ3) is 4.06. The van der Waals surface area contributed by atoms with E-state index in [1.54, 1.807) is 0 Å². The molecular formula is C4H10B+. The van der Waals surface area contributed by atoms with Crippen molar-refractivity contribution in [1.29, 1.82) is 0 Å². The molecule has 5 heavy (non-hydrogen) atoms. The van der Waals surface area contributed by atoms with Crippen LogP contribution in [0.3, 0.4) is 0 Å². The summed E-state index contributed by atoms with van der Waals surface area (Å²) in [4.78, 5) is 0. The monoisotopic (exact) mass is 69.1 g/mol. The van der Waals surface area contributed by atoms with Gasteiger partial charge in [0.2, 0.25) is 0 Å². The minimum atomic E-state index is 0. The maximum atomic E-state index is 5.29. The average Bonchev–Trinajstić information content (AvgIpc) is 1.38. The molecule has 1 heteroatoms. The van der Waals surface area contributed by atoms with E-state index in [9.17, 15) is 0 Å². The summed E-state index contributed by atoms with van der Waals surface area (Å²) in [5, 5.41) is 0. The number of hydrogen-bond acceptors (Lipinski definition) is 0. The fourth-order valence-electron chi connectivity index (χ4n) is 0. The van der Waals surface area contributed by atoms with Crippen LogP contribution in [-0.2, 0) is 0 Å². The maximum absolute atomic E-state index is 5.29. The van der Waals surface area contributed by atoms with Gasteiger partial charge in [-0.25, -0.2) is 0 Å². The molecule has 2 radical (unpaired) electrons. The van der Waals surface area contributed by atoms with Crippen molar-refractivity contribution >= 4 is 7.85 Å². The zero-order valence-corrected chi connectivity index (χ0v) is 3.86. The highest BCUT2D eigenvalue weighted by Crippen LogP contribution is 1.97. The molecule has 0 aromatic carbocycles. The Balaban J connectivity index is 0. The second-order valence-corrected chi connectivity index (χ2v) is 1.39. The summed E-state index contributed by atoms with van der Waals surface area (Å²) in [6.45, 7) is 4.07. The molecule has 0 fully saturated rings. The minimum Gasteiger partial charge on any atom is -0.0804 e. The van der Waals surface area contributed by atoms with Gasteiger partial charge in [0.25, 0.3) is 0 Å². The van der Waals surface area contributed by atoms with Crippen LogP contribution in [0.1, 0.15) is 21.7 Å². The van der Waals surface area contributed by atoms with Crippen LogP contribution >= 0.6 is 0 Å². The van der Waals surface area contributed by atoms with Crippen molar-refractivity contribution in [2.75, 3.05) is 0 Å². The summed E-state index contributed by atoms with van der Waals surface area (Å²) in [5.74, 6) is 0.384. The molecule has 0 aromatic heterocycles. The van der Waals surface area contributed by atoms with Crippen LogP contribution in [0.15, 0.2) is 0 Å². The summed E-state index contributed by atoms with van der Waals surface area (Å²) in [6.07, 6.45) is 1.08. The quantitative estimate of drug-likeness (QED) is 0.409.